The molecular weight excluding hydrogens is 430 g/mol. The van der Waals surface area contributed by atoms with Crippen molar-refractivity contribution in [2.45, 2.75) is 18.9 Å². The predicted octanol–water partition coefficient (Wildman–Crippen LogP) is 3.94. The van der Waals surface area contributed by atoms with Gasteiger partial charge in [-0.25, -0.2) is 18.4 Å². The van der Waals surface area contributed by atoms with Gasteiger partial charge in [0.1, 0.15) is 23.2 Å². The second kappa shape index (κ2) is 8.62. The summed E-state index contributed by atoms with van der Waals surface area (Å²) in [6, 6.07) is 10.3. The summed E-state index contributed by atoms with van der Waals surface area (Å²) >= 11 is 0. The SMILES string of the molecule is COc1ccc(-c2nc(NCC3CCCO3)nc3nn(-c4cccc(F)c4)c(N)c23)c(F)c1. The number of fused-ring (bicyclic) bond motifs is 1. The van der Waals surface area contributed by atoms with Crippen LogP contribution in [-0.4, -0.2) is 46.1 Å². The predicted molar refractivity (Wildman–Crippen MR) is 120 cm³/mol. The second-order valence-corrected chi connectivity index (χ2v) is 7.73. The third-order valence-corrected chi connectivity index (χ3v) is 5.56. The molecule has 0 amide bonds. The molecule has 33 heavy (non-hydrogen) atoms. The van der Waals surface area contributed by atoms with Gasteiger partial charge in [0, 0.05) is 24.8 Å². The summed E-state index contributed by atoms with van der Waals surface area (Å²) in [6.45, 7) is 1.24. The van der Waals surface area contributed by atoms with Gasteiger partial charge >= 0.3 is 0 Å². The van der Waals surface area contributed by atoms with Crippen LogP contribution in [0.25, 0.3) is 28.0 Å². The lowest BCUT2D eigenvalue weighted by molar-refractivity contribution is 0.120. The zero-order valence-electron chi connectivity index (χ0n) is 17.9. The lowest BCUT2D eigenvalue weighted by Crippen LogP contribution is -2.19. The van der Waals surface area contributed by atoms with E-state index in [-0.39, 0.29) is 34.8 Å². The molecular formula is C23H22F2N6O2. The van der Waals surface area contributed by atoms with Crippen LogP contribution in [0.1, 0.15) is 12.8 Å². The number of hydrogen-bond acceptors (Lipinski definition) is 7. The molecule has 3 heterocycles. The highest BCUT2D eigenvalue weighted by atomic mass is 19.1. The van der Waals surface area contributed by atoms with Crippen molar-refractivity contribution in [2.75, 3.05) is 31.3 Å². The van der Waals surface area contributed by atoms with E-state index in [0.29, 0.717) is 23.4 Å². The number of methoxy groups -OCH3 is 1. The fourth-order valence-electron chi connectivity index (χ4n) is 3.92. The number of halogens is 2. The van der Waals surface area contributed by atoms with Gasteiger partial charge in [-0.3, -0.25) is 0 Å². The van der Waals surface area contributed by atoms with Crippen molar-refractivity contribution in [2.24, 2.45) is 0 Å². The quantitative estimate of drug-likeness (QED) is 0.457. The summed E-state index contributed by atoms with van der Waals surface area (Å²) in [7, 11) is 1.46. The Morgan fingerprint density at radius 3 is 2.82 bits per heavy atom. The van der Waals surface area contributed by atoms with Crippen molar-refractivity contribution in [3.05, 3.63) is 54.1 Å². The number of rotatable bonds is 6. The maximum Gasteiger partial charge on any atom is 0.225 e. The van der Waals surface area contributed by atoms with E-state index in [4.69, 9.17) is 15.2 Å². The molecule has 1 saturated heterocycles. The minimum absolute atomic E-state index is 0.0559. The van der Waals surface area contributed by atoms with Crippen LogP contribution in [0.2, 0.25) is 0 Å². The highest BCUT2D eigenvalue weighted by Crippen LogP contribution is 2.35. The molecule has 5 rings (SSSR count). The van der Waals surface area contributed by atoms with E-state index in [1.54, 1.807) is 24.3 Å². The van der Waals surface area contributed by atoms with Gasteiger partial charge in [-0.15, -0.1) is 5.10 Å². The summed E-state index contributed by atoms with van der Waals surface area (Å²) in [4.78, 5) is 9.05. The van der Waals surface area contributed by atoms with Gasteiger partial charge in [0.25, 0.3) is 0 Å². The van der Waals surface area contributed by atoms with Crippen LogP contribution >= 0.6 is 0 Å². The molecule has 1 unspecified atom stereocenters. The molecule has 10 heteroatoms. The molecule has 1 aliphatic rings. The van der Waals surface area contributed by atoms with Crippen LogP contribution in [-0.2, 0) is 4.74 Å². The van der Waals surface area contributed by atoms with Gasteiger partial charge < -0.3 is 20.5 Å². The van der Waals surface area contributed by atoms with Crippen molar-refractivity contribution >= 4 is 22.8 Å². The van der Waals surface area contributed by atoms with Gasteiger partial charge in [0.2, 0.25) is 5.95 Å². The molecule has 3 N–H and O–H groups in total. The third-order valence-electron chi connectivity index (χ3n) is 5.56. The normalized spacial score (nSPS) is 15.8. The van der Waals surface area contributed by atoms with Crippen molar-refractivity contribution in [1.29, 1.82) is 0 Å². The van der Waals surface area contributed by atoms with Gasteiger partial charge in [-0.05, 0) is 43.2 Å². The number of anilines is 2. The summed E-state index contributed by atoms with van der Waals surface area (Å²) in [5, 5.41) is 8.00. The van der Waals surface area contributed by atoms with Gasteiger partial charge in [-0.1, -0.05) is 6.07 Å². The molecule has 0 bridgehead atoms. The van der Waals surface area contributed by atoms with Crippen LogP contribution in [0.3, 0.4) is 0 Å². The Balaban J connectivity index is 1.66. The Kier molecular flexibility index (Phi) is 5.51. The Hall–Kier alpha value is -3.79. The number of nitrogens with zero attached hydrogens (tertiary/aromatic N) is 4. The van der Waals surface area contributed by atoms with Crippen molar-refractivity contribution in [3.8, 4) is 22.7 Å². The van der Waals surface area contributed by atoms with E-state index in [1.165, 1.54) is 30.0 Å². The number of benzene rings is 2. The number of nitrogen functional groups attached to an aromatic ring is 1. The van der Waals surface area contributed by atoms with E-state index in [9.17, 15) is 4.39 Å². The summed E-state index contributed by atoms with van der Waals surface area (Å²) in [5.74, 6) is -0.143. The average Bonchev–Trinajstić information content (AvgIpc) is 3.45. The van der Waals surface area contributed by atoms with Crippen LogP contribution < -0.4 is 15.8 Å². The molecule has 1 fully saturated rings. The number of hydrogen-bond donors (Lipinski definition) is 2. The summed E-state index contributed by atoms with van der Waals surface area (Å²) in [5.41, 5.74) is 7.56. The van der Waals surface area contributed by atoms with E-state index in [2.05, 4.69) is 20.4 Å². The van der Waals surface area contributed by atoms with Gasteiger partial charge in [-0.2, -0.15) is 4.98 Å². The van der Waals surface area contributed by atoms with E-state index < -0.39 is 11.6 Å². The van der Waals surface area contributed by atoms with Gasteiger partial charge in [0.15, 0.2) is 5.65 Å². The highest BCUT2D eigenvalue weighted by Gasteiger charge is 2.22. The fourth-order valence-corrected chi connectivity index (χ4v) is 3.92. The second-order valence-electron chi connectivity index (χ2n) is 7.73. The zero-order chi connectivity index (χ0) is 22.9. The van der Waals surface area contributed by atoms with Crippen LogP contribution in [0.15, 0.2) is 42.5 Å². The Bertz CT molecular complexity index is 1320. The molecule has 0 radical (unpaired) electrons. The number of ether oxygens (including phenoxy) is 2. The Morgan fingerprint density at radius 2 is 2.09 bits per heavy atom. The smallest absolute Gasteiger partial charge is 0.225 e. The maximum absolute atomic E-state index is 15.0. The molecule has 170 valence electrons. The molecule has 8 nitrogen and oxygen atoms in total. The van der Waals surface area contributed by atoms with E-state index in [0.717, 1.165) is 19.4 Å². The van der Waals surface area contributed by atoms with E-state index in [1.807, 2.05) is 0 Å². The molecule has 0 aliphatic carbocycles. The first-order valence-corrected chi connectivity index (χ1v) is 10.5. The van der Waals surface area contributed by atoms with Crippen molar-refractivity contribution in [3.63, 3.8) is 0 Å². The van der Waals surface area contributed by atoms with Crippen LogP contribution in [0.5, 0.6) is 5.75 Å². The maximum atomic E-state index is 15.0. The third kappa shape index (κ3) is 4.05. The summed E-state index contributed by atoms with van der Waals surface area (Å²) in [6.07, 6.45) is 2.00. The lowest BCUT2D eigenvalue weighted by atomic mass is 10.1. The lowest BCUT2D eigenvalue weighted by Gasteiger charge is -2.12. The van der Waals surface area contributed by atoms with Crippen LogP contribution in [0, 0.1) is 11.6 Å². The zero-order valence-corrected chi connectivity index (χ0v) is 17.9. The van der Waals surface area contributed by atoms with Crippen LogP contribution in [0.4, 0.5) is 20.5 Å². The number of nitrogens with one attached hydrogen (secondary N) is 1. The highest BCUT2D eigenvalue weighted by molar-refractivity contribution is 5.99. The first kappa shape index (κ1) is 21.1. The molecule has 2 aromatic carbocycles. The molecule has 1 atom stereocenters. The minimum Gasteiger partial charge on any atom is -0.497 e. The van der Waals surface area contributed by atoms with Crippen molar-refractivity contribution in [1.82, 2.24) is 19.7 Å². The average molecular weight is 452 g/mol. The summed E-state index contributed by atoms with van der Waals surface area (Å²) < 4.78 is 41.0. The molecule has 0 saturated carbocycles. The molecule has 0 spiro atoms. The standard InChI is InChI=1S/C23H22F2N6O2/c1-32-15-7-8-17(18(25)11-15)20-19-21(26)31(14-5-2-4-13(24)10-14)30-22(19)29-23(28-20)27-12-16-6-3-9-33-16/h2,4-5,7-8,10-11,16H,3,6,9,12,26H2,1H3,(H,27,29,30). The largest absolute Gasteiger partial charge is 0.497 e. The first-order chi connectivity index (χ1) is 16.0. The number of aromatic nitrogens is 4. The first-order valence-electron chi connectivity index (χ1n) is 10.5. The molecule has 2 aromatic heterocycles. The monoisotopic (exact) mass is 452 g/mol. The van der Waals surface area contributed by atoms with Crippen molar-refractivity contribution < 1.29 is 18.3 Å². The fraction of sp³-hybridized carbons (Fsp3) is 0.261. The molecule has 4 aromatic rings. The van der Waals surface area contributed by atoms with Gasteiger partial charge in [0.05, 0.1) is 30.0 Å². The Morgan fingerprint density at radius 1 is 1.21 bits per heavy atom. The Labute approximate surface area is 188 Å². The van der Waals surface area contributed by atoms with E-state index >= 15 is 4.39 Å². The molecule has 1 aliphatic heterocycles. The topological polar surface area (TPSA) is 100 Å². The number of nitrogens with two attached hydrogens (primary N) is 1. The minimum atomic E-state index is -0.530.